The lowest BCUT2D eigenvalue weighted by Crippen LogP contribution is -2.35. The molecule has 0 aromatic carbocycles. The third-order valence-electron chi connectivity index (χ3n) is 4.70. The standard InChI is InChI=1S/C19H20N4O/c1-22-13-8-15-14(7-10-21-18(15)22)17-16(6-5-9-20-17)19(24)23-11-3-2-4-12-23/h5-10,13H,2-4,11-12H2,1H3. The van der Waals surface area contributed by atoms with Gasteiger partial charge in [0.05, 0.1) is 11.3 Å². The second kappa shape index (κ2) is 6.07. The van der Waals surface area contributed by atoms with Gasteiger partial charge < -0.3 is 9.47 Å². The molecule has 5 heteroatoms. The topological polar surface area (TPSA) is 51.0 Å². The van der Waals surface area contributed by atoms with Gasteiger partial charge in [-0.2, -0.15) is 0 Å². The molecule has 0 spiro atoms. The van der Waals surface area contributed by atoms with Crippen molar-refractivity contribution < 1.29 is 4.79 Å². The number of aromatic nitrogens is 3. The van der Waals surface area contributed by atoms with Crippen molar-refractivity contribution in [3.63, 3.8) is 0 Å². The Morgan fingerprint density at radius 2 is 1.88 bits per heavy atom. The number of nitrogens with zero attached hydrogens (tertiary/aromatic N) is 4. The number of likely N-dealkylation sites (tertiary alicyclic amines) is 1. The Hall–Kier alpha value is -2.69. The number of hydrogen-bond donors (Lipinski definition) is 0. The Morgan fingerprint density at radius 3 is 2.71 bits per heavy atom. The maximum atomic E-state index is 13.0. The summed E-state index contributed by atoms with van der Waals surface area (Å²) in [7, 11) is 1.97. The number of aryl methyl sites for hydroxylation is 1. The fourth-order valence-electron chi connectivity index (χ4n) is 3.43. The number of amides is 1. The summed E-state index contributed by atoms with van der Waals surface area (Å²) in [6, 6.07) is 7.69. The minimum Gasteiger partial charge on any atom is -0.339 e. The molecule has 0 bridgehead atoms. The third kappa shape index (κ3) is 2.46. The number of piperidine rings is 1. The first-order valence-electron chi connectivity index (χ1n) is 8.40. The van der Waals surface area contributed by atoms with E-state index in [1.165, 1.54) is 6.42 Å². The number of rotatable bonds is 2. The largest absolute Gasteiger partial charge is 0.339 e. The summed E-state index contributed by atoms with van der Waals surface area (Å²) < 4.78 is 1.98. The van der Waals surface area contributed by atoms with Crippen molar-refractivity contribution in [3.8, 4) is 11.3 Å². The van der Waals surface area contributed by atoms with E-state index >= 15 is 0 Å². The maximum absolute atomic E-state index is 13.0. The number of pyridine rings is 2. The van der Waals surface area contributed by atoms with Crippen molar-refractivity contribution in [3.05, 3.63) is 48.4 Å². The molecule has 1 fully saturated rings. The van der Waals surface area contributed by atoms with Crippen LogP contribution in [0.25, 0.3) is 22.3 Å². The zero-order chi connectivity index (χ0) is 16.5. The molecule has 0 radical (unpaired) electrons. The van der Waals surface area contributed by atoms with Crippen LogP contribution >= 0.6 is 0 Å². The molecule has 0 aliphatic carbocycles. The Balaban J connectivity index is 1.82. The first-order valence-corrected chi connectivity index (χ1v) is 8.40. The Kier molecular flexibility index (Phi) is 3.76. The summed E-state index contributed by atoms with van der Waals surface area (Å²) >= 11 is 0. The van der Waals surface area contributed by atoms with Crippen LogP contribution in [0.1, 0.15) is 29.6 Å². The molecular formula is C19H20N4O. The van der Waals surface area contributed by atoms with Gasteiger partial charge in [-0.1, -0.05) is 0 Å². The van der Waals surface area contributed by atoms with Gasteiger partial charge in [-0.05, 0) is 43.5 Å². The number of carbonyl (C=O) groups is 1. The van der Waals surface area contributed by atoms with Gasteiger partial charge >= 0.3 is 0 Å². The molecule has 0 atom stereocenters. The second-order valence-electron chi connectivity index (χ2n) is 6.27. The van der Waals surface area contributed by atoms with E-state index in [1.807, 2.05) is 47.0 Å². The first kappa shape index (κ1) is 14.9. The molecule has 5 nitrogen and oxygen atoms in total. The highest BCUT2D eigenvalue weighted by Crippen LogP contribution is 2.29. The SMILES string of the molecule is Cn1ccc2c(-c3ncccc3C(=O)N3CCCCC3)ccnc21. The zero-order valence-corrected chi connectivity index (χ0v) is 13.8. The van der Waals surface area contributed by atoms with E-state index in [9.17, 15) is 4.79 Å². The zero-order valence-electron chi connectivity index (χ0n) is 13.8. The Labute approximate surface area is 140 Å². The van der Waals surface area contributed by atoms with Crippen LogP contribution in [-0.4, -0.2) is 38.4 Å². The molecule has 4 rings (SSSR count). The van der Waals surface area contributed by atoms with Gasteiger partial charge in [0.25, 0.3) is 5.91 Å². The average Bonchev–Trinajstić information content (AvgIpc) is 3.03. The van der Waals surface area contributed by atoms with Crippen molar-refractivity contribution >= 4 is 16.9 Å². The average molecular weight is 320 g/mol. The van der Waals surface area contributed by atoms with Crippen LogP contribution < -0.4 is 0 Å². The molecule has 0 unspecified atom stereocenters. The molecule has 1 saturated heterocycles. The third-order valence-corrected chi connectivity index (χ3v) is 4.70. The molecule has 1 aliphatic heterocycles. The van der Waals surface area contributed by atoms with Gasteiger partial charge in [0.2, 0.25) is 0 Å². The van der Waals surface area contributed by atoms with Crippen molar-refractivity contribution in [1.29, 1.82) is 0 Å². The summed E-state index contributed by atoms with van der Waals surface area (Å²) in [6.45, 7) is 1.68. The predicted octanol–water partition coefficient (Wildman–Crippen LogP) is 3.26. The van der Waals surface area contributed by atoms with Gasteiger partial charge in [-0.3, -0.25) is 9.78 Å². The molecular weight excluding hydrogens is 300 g/mol. The Bertz CT molecular complexity index is 893. The summed E-state index contributed by atoms with van der Waals surface area (Å²) in [4.78, 5) is 23.9. The van der Waals surface area contributed by atoms with E-state index in [2.05, 4.69) is 9.97 Å². The van der Waals surface area contributed by atoms with Gasteiger partial charge in [0.1, 0.15) is 5.65 Å². The Morgan fingerprint density at radius 1 is 1.04 bits per heavy atom. The van der Waals surface area contributed by atoms with Crippen molar-refractivity contribution in [2.45, 2.75) is 19.3 Å². The monoisotopic (exact) mass is 320 g/mol. The van der Waals surface area contributed by atoms with E-state index in [0.717, 1.165) is 48.2 Å². The van der Waals surface area contributed by atoms with Crippen molar-refractivity contribution in [2.24, 2.45) is 7.05 Å². The summed E-state index contributed by atoms with van der Waals surface area (Å²) in [5.41, 5.74) is 3.28. The highest BCUT2D eigenvalue weighted by Gasteiger charge is 2.22. The fourth-order valence-corrected chi connectivity index (χ4v) is 3.43. The molecule has 122 valence electrons. The predicted molar refractivity (Wildman–Crippen MR) is 93.7 cm³/mol. The van der Waals surface area contributed by atoms with Crippen LogP contribution in [0.2, 0.25) is 0 Å². The summed E-state index contributed by atoms with van der Waals surface area (Å²) in [5, 5.41) is 1.02. The molecule has 1 aliphatic rings. The van der Waals surface area contributed by atoms with Crippen molar-refractivity contribution in [1.82, 2.24) is 19.4 Å². The van der Waals surface area contributed by atoms with Gasteiger partial charge in [-0.15, -0.1) is 0 Å². The number of carbonyl (C=O) groups excluding carboxylic acids is 1. The highest BCUT2D eigenvalue weighted by molar-refractivity contribution is 6.03. The van der Waals surface area contributed by atoms with Gasteiger partial charge in [-0.25, -0.2) is 4.98 Å². The van der Waals surface area contributed by atoms with E-state index in [4.69, 9.17) is 0 Å². The van der Waals surface area contributed by atoms with E-state index in [1.54, 1.807) is 12.4 Å². The van der Waals surface area contributed by atoms with Gasteiger partial charge in [0.15, 0.2) is 0 Å². The molecule has 0 saturated carbocycles. The molecule has 1 amide bonds. The van der Waals surface area contributed by atoms with E-state index in [0.29, 0.717) is 5.56 Å². The smallest absolute Gasteiger partial charge is 0.256 e. The van der Waals surface area contributed by atoms with Crippen LogP contribution in [0, 0.1) is 0 Å². The fraction of sp³-hybridized carbons (Fsp3) is 0.316. The summed E-state index contributed by atoms with van der Waals surface area (Å²) in [5.74, 6) is 0.0821. The molecule has 4 heterocycles. The van der Waals surface area contributed by atoms with E-state index < -0.39 is 0 Å². The van der Waals surface area contributed by atoms with Crippen molar-refractivity contribution in [2.75, 3.05) is 13.1 Å². The molecule has 3 aromatic heterocycles. The second-order valence-corrected chi connectivity index (χ2v) is 6.27. The lowest BCUT2D eigenvalue weighted by molar-refractivity contribution is 0.0725. The molecule has 24 heavy (non-hydrogen) atoms. The maximum Gasteiger partial charge on any atom is 0.256 e. The summed E-state index contributed by atoms with van der Waals surface area (Å²) in [6.07, 6.45) is 8.88. The van der Waals surface area contributed by atoms with Crippen LogP contribution in [0.15, 0.2) is 42.9 Å². The molecule has 0 N–H and O–H groups in total. The van der Waals surface area contributed by atoms with Crippen LogP contribution in [0.5, 0.6) is 0 Å². The lowest BCUT2D eigenvalue weighted by Gasteiger charge is -2.27. The highest BCUT2D eigenvalue weighted by atomic mass is 16.2. The number of hydrogen-bond acceptors (Lipinski definition) is 3. The minimum atomic E-state index is 0.0821. The lowest BCUT2D eigenvalue weighted by atomic mass is 10.0. The normalized spacial score (nSPS) is 15.0. The molecule has 3 aromatic rings. The van der Waals surface area contributed by atoms with E-state index in [-0.39, 0.29) is 5.91 Å². The van der Waals surface area contributed by atoms with Crippen LogP contribution in [-0.2, 0) is 7.05 Å². The van der Waals surface area contributed by atoms with Crippen LogP contribution in [0.3, 0.4) is 0 Å². The van der Waals surface area contributed by atoms with Gasteiger partial charge in [0, 0.05) is 49.7 Å². The first-order chi connectivity index (χ1) is 11.8. The minimum absolute atomic E-state index is 0.0821. The van der Waals surface area contributed by atoms with Crippen LogP contribution in [0.4, 0.5) is 0 Å². The number of fused-ring (bicyclic) bond motifs is 1. The quantitative estimate of drug-likeness (QED) is 0.728.